The molecule has 0 saturated heterocycles. The van der Waals surface area contributed by atoms with E-state index >= 15 is 0 Å². The second kappa shape index (κ2) is 12.7. The van der Waals surface area contributed by atoms with E-state index in [-0.39, 0.29) is 59.4 Å². The number of amidine groups is 1. The Morgan fingerprint density at radius 2 is 1.79 bits per heavy atom. The molecule has 3 rings (SSSR count). The summed E-state index contributed by atoms with van der Waals surface area (Å²) in [6.45, 7) is 10.4. The average molecular weight is 589 g/mol. The Balaban J connectivity index is 0.00000507. The summed E-state index contributed by atoms with van der Waals surface area (Å²) in [5, 5.41) is 20.2. The predicted octanol–water partition coefficient (Wildman–Crippen LogP) is 4.04. The second-order valence-electron chi connectivity index (χ2n) is 9.46. The Kier molecular flexibility index (Phi) is 10.2. The molecule has 0 unspecified atom stereocenters. The van der Waals surface area contributed by atoms with Gasteiger partial charge in [0.05, 0.1) is 19.8 Å². The largest absolute Gasteiger partial charge is 0.491 e. The maximum atomic E-state index is 13.5. The summed E-state index contributed by atoms with van der Waals surface area (Å²) < 4.78 is 17.1. The van der Waals surface area contributed by atoms with Gasteiger partial charge in [0.2, 0.25) is 0 Å². The van der Waals surface area contributed by atoms with Crippen molar-refractivity contribution in [3.63, 3.8) is 0 Å². The SMILES string of the molecule is Br.CCOc1cc2c(nc1C(=O)NC)C(=N)N(CC(=O)c1cc(OCC)c(OCC#N)c(C(C)(C)C)c1)C2. The Labute approximate surface area is 233 Å². The molecule has 0 saturated carbocycles. The van der Waals surface area contributed by atoms with E-state index in [9.17, 15) is 9.59 Å². The summed E-state index contributed by atoms with van der Waals surface area (Å²) in [7, 11) is 1.50. The smallest absolute Gasteiger partial charge is 0.273 e. The van der Waals surface area contributed by atoms with E-state index in [0.717, 1.165) is 5.56 Å². The highest BCUT2D eigenvalue weighted by atomic mass is 79.9. The molecule has 1 amide bonds. The average Bonchev–Trinajstić information content (AvgIpc) is 3.15. The van der Waals surface area contributed by atoms with Gasteiger partial charge in [-0.25, -0.2) is 4.98 Å². The normalized spacial score (nSPS) is 12.2. The Hall–Kier alpha value is -3.65. The van der Waals surface area contributed by atoms with E-state index in [0.29, 0.717) is 47.3 Å². The van der Waals surface area contributed by atoms with Crippen LogP contribution in [0, 0.1) is 16.7 Å². The Morgan fingerprint density at radius 3 is 2.37 bits per heavy atom. The molecule has 1 aromatic heterocycles. The van der Waals surface area contributed by atoms with Gasteiger partial charge in [0.1, 0.15) is 17.6 Å². The summed E-state index contributed by atoms with van der Waals surface area (Å²) in [6.07, 6.45) is 0. The zero-order valence-corrected chi connectivity index (χ0v) is 24.3. The topological polar surface area (TPSA) is 138 Å². The molecule has 0 spiro atoms. The standard InChI is InChI=1S/C27H33N5O5.BrH/c1-7-35-20-13-17-14-32(25(29)22(17)31-23(20)26(34)30-6)15-19(33)16-11-18(27(3,4)5)24(37-10-9-28)21(12-16)36-8-2;/h11-13,29H,7-8,10,14-15H2,1-6H3,(H,30,34);1H. The molecule has 2 heterocycles. The first-order valence-corrected chi connectivity index (χ1v) is 12.1. The van der Waals surface area contributed by atoms with Crippen LogP contribution in [0.5, 0.6) is 17.2 Å². The van der Waals surface area contributed by atoms with Crippen LogP contribution in [0.2, 0.25) is 0 Å². The monoisotopic (exact) mass is 587 g/mol. The third kappa shape index (κ3) is 6.42. The number of fused-ring (bicyclic) bond motifs is 1. The van der Waals surface area contributed by atoms with E-state index in [2.05, 4.69) is 10.3 Å². The molecule has 0 radical (unpaired) electrons. The van der Waals surface area contributed by atoms with Gasteiger partial charge in [-0.2, -0.15) is 5.26 Å². The lowest BCUT2D eigenvalue weighted by Crippen LogP contribution is -2.31. The molecule has 204 valence electrons. The molecule has 0 atom stereocenters. The maximum absolute atomic E-state index is 13.5. The number of rotatable bonds is 10. The fraction of sp³-hybridized carbons (Fsp3) is 0.444. The highest BCUT2D eigenvalue weighted by Crippen LogP contribution is 2.40. The number of amides is 1. The van der Waals surface area contributed by atoms with Crippen LogP contribution in [0.4, 0.5) is 0 Å². The fourth-order valence-electron chi connectivity index (χ4n) is 4.08. The minimum Gasteiger partial charge on any atom is -0.491 e. The number of nitrogens with one attached hydrogen (secondary N) is 2. The number of carbonyl (C=O) groups excluding carboxylic acids is 2. The summed E-state index contributed by atoms with van der Waals surface area (Å²) in [5.41, 5.74) is 1.93. The van der Waals surface area contributed by atoms with Crippen LogP contribution in [0.1, 0.15) is 72.3 Å². The van der Waals surface area contributed by atoms with Crippen molar-refractivity contribution in [3.8, 4) is 23.3 Å². The minimum absolute atomic E-state index is 0. The maximum Gasteiger partial charge on any atom is 0.273 e. The first-order valence-electron chi connectivity index (χ1n) is 12.1. The number of nitrogens with zero attached hydrogens (tertiary/aromatic N) is 3. The summed E-state index contributed by atoms with van der Waals surface area (Å²) in [5.74, 6) is 0.616. The first kappa shape index (κ1) is 30.6. The van der Waals surface area contributed by atoms with Crippen LogP contribution in [0.15, 0.2) is 18.2 Å². The molecule has 1 aliphatic rings. The van der Waals surface area contributed by atoms with Gasteiger partial charge in [-0.15, -0.1) is 17.0 Å². The first-order chi connectivity index (χ1) is 17.5. The van der Waals surface area contributed by atoms with Gasteiger partial charge in [0.15, 0.2) is 35.3 Å². The van der Waals surface area contributed by atoms with E-state index < -0.39 is 5.91 Å². The number of nitriles is 1. The van der Waals surface area contributed by atoms with E-state index in [4.69, 9.17) is 24.9 Å². The molecule has 10 nitrogen and oxygen atoms in total. The molecule has 0 aliphatic carbocycles. The van der Waals surface area contributed by atoms with Crippen molar-refractivity contribution >= 4 is 34.5 Å². The van der Waals surface area contributed by atoms with E-state index in [1.54, 1.807) is 23.1 Å². The molecular formula is C27H34BrN5O5. The number of Topliss-reactive ketones (excluding diaryl/α,β-unsaturated/α-hetero) is 1. The molecule has 2 aromatic rings. The molecule has 0 bridgehead atoms. The number of benzene rings is 1. The molecule has 1 aliphatic heterocycles. The van der Waals surface area contributed by atoms with Gasteiger partial charge in [-0.3, -0.25) is 15.0 Å². The number of pyridine rings is 1. The number of hydrogen-bond donors (Lipinski definition) is 2. The quantitative estimate of drug-likeness (QED) is 0.397. The van der Waals surface area contributed by atoms with Crippen LogP contribution in [-0.2, 0) is 12.0 Å². The van der Waals surface area contributed by atoms with E-state index in [1.807, 2.05) is 40.7 Å². The minimum atomic E-state index is -0.412. The van der Waals surface area contributed by atoms with Crippen LogP contribution < -0.4 is 19.5 Å². The Bertz CT molecular complexity index is 1270. The number of aromatic nitrogens is 1. The van der Waals surface area contributed by atoms with Gasteiger partial charge in [-0.05, 0) is 37.5 Å². The zero-order chi connectivity index (χ0) is 27.3. The van der Waals surface area contributed by atoms with Crippen molar-refractivity contribution in [3.05, 3.63) is 46.3 Å². The van der Waals surface area contributed by atoms with Crippen LogP contribution in [0.3, 0.4) is 0 Å². The molecule has 38 heavy (non-hydrogen) atoms. The third-order valence-electron chi connectivity index (χ3n) is 5.81. The fourth-order valence-corrected chi connectivity index (χ4v) is 4.08. The molecule has 11 heteroatoms. The van der Waals surface area contributed by atoms with Crippen molar-refractivity contribution < 1.29 is 23.8 Å². The summed E-state index contributed by atoms with van der Waals surface area (Å²) in [4.78, 5) is 31.8. The molecular weight excluding hydrogens is 554 g/mol. The predicted molar refractivity (Wildman–Crippen MR) is 148 cm³/mol. The highest BCUT2D eigenvalue weighted by Gasteiger charge is 2.32. The lowest BCUT2D eigenvalue weighted by atomic mass is 9.84. The molecule has 2 N–H and O–H groups in total. The zero-order valence-electron chi connectivity index (χ0n) is 22.6. The third-order valence-corrected chi connectivity index (χ3v) is 5.81. The van der Waals surface area contributed by atoms with Crippen molar-refractivity contribution in [2.24, 2.45) is 0 Å². The van der Waals surface area contributed by atoms with Crippen LogP contribution >= 0.6 is 17.0 Å². The van der Waals surface area contributed by atoms with Crippen LogP contribution in [-0.4, -0.2) is 60.8 Å². The van der Waals surface area contributed by atoms with Gasteiger partial charge in [0, 0.05) is 30.3 Å². The van der Waals surface area contributed by atoms with Gasteiger partial charge < -0.3 is 24.4 Å². The van der Waals surface area contributed by atoms with Gasteiger partial charge in [-0.1, -0.05) is 20.8 Å². The highest BCUT2D eigenvalue weighted by molar-refractivity contribution is 8.93. The summed E-state index contributed by atoms with van der Waals surface area (Å²) >= 11 is 0. The molecule has 0 fully saturated rings. The van der Waals surface area contributed by atoms with Gasteiger partial charge in [0.25, 0.3) is 5.91 Å². The number of halogens is 1. The van der Waals surface area contributed by atoms with Crippen molar-refractivity contribution in [1.82, 2.24) is 15.2 Å². The lowest BCUT2D eigenvalue weighted by molar-refractivity contribution is 0.0949. The number of ether oxygens (including phenoxy) is 3. The van der Waals surface area contributed by atoms with E-state index in [1.165, 1.54) is 7.05 Å². The van der Waals surface area contributed by atoms with Gasteiger partial charge >= 0.3 is 0 Å². The lowest BCUT2D eigenvalue weighted by Gasteiger charge is -2.25. The Morgan fingerprint density at radius 1 is 1.13 bits per heavy atom. The van der Waals surface area contributed by atoms with Crippen molar-refractivity contribution in [2.75, 3.05) is 33.4 Å². The van der Waals surface area contributed by atoms with Crippen molar-refractivity contribution in [1.29, 1.82) is 10.7 Å². The summed E-state index contributed by atoms with van der Waals surface area (Å²) in [6, 6.07) is 7.07. The van der Waals surface area contributed by atoms with Crippen LogP contribution in [0.25, 0.3) is 0 Å². The number of hydrogen-bond acceptors (Lipinski definition) is 8. The van der Waals surface area contributed by atoms with Crippen molar-refractivity contribution in [2.45, 2.75) is 46.6 Å². The number of carbonyl (C=O) groups is 2. The second-order valence-corrected chi connectivity index (χ2v) is 9.46. The molecule has 1 aromatic carbocycles. The number of ketones is 1.